The highest BCUT2D eigenvalue weighted by molar-refractivity contribution is 5.44. The quantitative estimate of drug-likeness (QED) is 0.630. The van der Waals surface area contributed by atoms with Gasteiger partial charge in [0.2, 0.25) is 5.82 Å². The van der Waals surface area contributed by atoms with E-state index in [4.69, 9.17) is 5.26 Å². The topological polar surface area (TPSA) is 122 Å². The van der Waals surface area contributed by atoms with Gasteiger partial charge in [-0.3, -0.25) is 24.5 Å². The summed E-state index contributed by atoms with van der Waals surface area (Å²) in [6, 6.07) is 4.33. The van der Waals surface area contributed by atoms with E-state index in [1.807, 2.05) is 4.98 Å². The number of hydrogen-bond acceptors (Lipinski definition) is 5. The van der Waals surface area contributed by atoms with Crippen LogP contribution in [0.2, 0.25) is 0 Å². The number of H-pyrrole nitrogens is 1. The normalized spacial score (nSPS) is 10.0. The molecule has 2 rings (SSSR count). The molecule has 0 atom stereocenters. The van der Waals surface area contributed by atoms with Crippen molar-refractivity contribution >= 4 is 5.69 Å². The van der Waals surface area contributed by atoms with Crippen LogP contribution in [-0.4, -0.2) is 14.5 Å². The van der Waals surface area contributed by atoms with E-state index in [9.17, 15) is 24.1 Å². The van der Waals surface area contributed by atoms with E-state index < -0.39 is 27.7 Å². The number of nitro benzene ring substituents is 1. The fraction of sp³-hybridized carbons (Fsp3) is 0. The first-order valence-corrected chi connectivity index (χ1v) is 5.14. The van der Waals surface area contributed by atoms with Crippen molar-refractivity contribution in [3.05, 3.63) is 66.7 Å². The minimum Gasteiger partial charge on any atom is -0.273 e. The lowest BCUT2D eigenvalue weighted by molar-refractivity contribution is -0.387. The zero-order valence-electron chi connectivity index (χ0n) is 9.66. The number of rotatable bonds is 2. The Morgan fingerprint density at radius 2 is 2.10 bits per heavy atom. The lowest BCUT2D eigenvalue weighted by Crippen LogP contribution is -2.30. The average Bonchev–Trinajstić information content (AvgIpc) is 2.39. The minimum atomic E-state index is -1.06. The third kappa shape index (κ3) is 2.17. The molecule has 0 bridgehead atoms. The molecule has 2 aromatic rings. The number of hydrogen-bond donors (Lipinski definition) is 1. The molecule has 9 heteroatoms. The summed E-state index contributed by atoms with van der Waals surface area (Å²) < 4.78 is 14.0. The van der Waals surface area contributed by atoms with E-state index in [0.717, 1.165) is 29.0 Å². The highest BCUT2D eigenvalue weighted by Gasteiger charge is 2.16. The van der Waals surface area contributed by atoms with E-state index in [1.54, 1.807) is 6.07 Å². The van der Waals surface area contributed by atoms with Gasteiger partial charge in [0, 0.05) is 12.3 Å². The fourth-order valence-corrected chi connectivity index (χ4v) is 1.53. The lowest BCUT2D eigenvalue weighted by atomic mass is 10.2. The highest BCUT2D eigenvalue weighted by Crippen LogP contribution is 2.20. The minimum absolute atomic E-state index is 0.0455. The molecule has 0 saturated heterocycles. The summed E-state index contributed by atoms with van der Waals surface area (Å²) in [5.41, 5.74) is -2.98. The van der Waals surface area contributed by atoms with Crippen molar-refractivity contribution in [2.24, 2.45) is 0 Å². The first-order chi connectivity index (χ1) is 9.43. The van der Waals surface area contributed by atoms with Crippen LogP contribution in [0.25, 0.3) is 5.69 Å². The molecule has 0 unspecified atom stereocenters. The van der Waals surface area contributed by atoms with Gasteiger partial charge in [0.25, 0.3) is 5.56 Å². The second kappa shape index (κ2) is 4.77. The molecule has 0 aliphatic carbocycles. The van der Waals surface area contributed by atoms with Gasteiger partial charge < -0.3 is 0 Å². The van der Waals surface area contributed by atoms with E-state index in [-0.39, 0.29) is 11.3 Å². The molecule has 0 amide bonds. The van der Waals surface area contributed by atoms with Crippen molar-refractivity contribution < 1.29 is 9.31 Å². The number of benzene rings is 1. The summed E-state index contributed by atoms with van der Waals surface area (Å²) in [6.45, 7) is 0. The molecule has 0 radical (unpaired) electrons. The Morgan fingerprint density at radius 1 is 1.40 bits per heavy atom. The van der Waals surface area contributed by atoms with Crippen LogP contribution in [-0.2, 0) is 0 Å². The molecule has 0 saturated carbocycles. The molecule has 1 aromatic heterocycles. The van der Waals surface area contributed by atoms with E-state index in [0.29, 0.717) is 0 Å². The Labute approximate surface area is 109 Å². The van der Waals surface area contributed by atoms with Crippen LogP contribution in [0.3, 0.4) is 0 Å². The monoisotopic (exact) mass is 276 g/mol. The summed E-state index contributed by atoms with van der Waals surface area (Å²) in [6.07, 6.45) is 0.929. The lowest BCUT2D eigenvalue weighted by Gasteiger charge is -2.05. The van der Waals surface area contributed by atoms with Crippen molar-refractivity contribution in [1.82, 2.24) is 9.55 Å². The van der Waals surface area contributed by atoms with Gasteiger partial charge >= 0.3 is 11.4 Å². The fourth-order valence-electron chi connectivity index (χ4n) is 1.53. The number of halogens is 1. The van der Waals surface area contributed by atoms with Gasteiger partial charge in [0.15, 0.2) is 0 Å². The maximum atomic E-state index is 13.2. The molecule has 1 heterocycles. The Bertz CT molecular complexity index is 862. The number of nitrogens with one attached hydrogen (secondary N) is 1. The Hall–Kier alpha value is -3.28. The van der Waals surface area contributed by atoms with Crippen molar-refractivity contribution in [2.45, 2.75) is 0 Å². The van der Waals surface area contributed by atoms with Crippen molar-refractivity contribution in [2.75, 3.05) is 0 Å². The molecule has 1 aromatic carbocycles. The molecule has 0 spiro atoms. The van der Waals surface area contributed by atoms with Gasteiger partial charge in [-0.15, -0.1) is 0 Å². The van der Waals surface area contributed by atoms with Crippen LogP contribution < -0.4 is 11.2 Å². The van der Waals surface area contributed by atoms with Crippen LogP contribution in [0.1, 0.15) is 5.56 Å². The largest absolute Gasteiger partial charge is 0.332 e. The molecule has 1 N–H and O–H groups in total. The van der Waals surface area contributed by atoms with Gasteiger partial charge in [0.1, 0.15) is 11.6 Å². The SMILES string of the molecule is N#Cc1cn(-c2ccc(F)c([N+](=O)[O-])c2)c(=O)[nH]c1=O. The summed E-state index contributed by atoms with van der Waals surface area (Å²) in [5.74, 6) is -1.06. The van der Waals surface area contributed by atoms with Gasteiger partial charge in [-0.05, 0) is 12.1 Å². The van der Waals surface area contributed by atoms with E-state index >= 15 is 0 Å². The molecule has 0 aliphatic heterocycles. The number of aromatic nitrogens is 2. The molecule has 8 nitrogen and oxygen atoms in total. The smallest absolute Gasteiger partial charge is 0.273 e. The zero-order valence-corrected chi connectivity index (χ0v) is 9.66. The molecule has 100 valence electrons. The first kappa shape index (κ1) is 13.2. The first-order valence-electron chi connectivity index (χ1n) is 5.14. The molecular formula is C11H5FN4O4. The number of nitriles is 1. The maximum Gasteiger partial charge on any atom is 0.332 e. The average molecular weight is 276 g/mol. The molecule has 0 fully saturated rings. The second-order valence-electron chi connectivity index (χ2n) is 3.68. The maximum absolute atomic E-state index is 13.2. The van der Waals surface area contributed by atoms with Crippen LogP contribution in [0.5, 0.6) is 0 Å². The van der Waals surface area contributed by atoms with Crippen molar-refractivity contribution in [3.8, 4) is 11.8 Å². The second-order valence-corrected chi connectivity index (χ2v) is 3.68. The van der Waals surface area contributed by atoms with Crippen LogP contribution in [0.4, 0.5) is 10.1 Å². The Kier molecular flexibility index (Phi) is 3.14. The standard InChI is InChI=1S/C11H5FN4O4/c12-8-2-1-7(3-9(8)16(19)20)15-5-6(4-13)10(17)14-11(15)18/h1-3,5H,(H,14,17,18). The molecule has 0 aliphatic rings. The van der Waals surface area contributed by atoms with Gasteiger partial charge in [-0.2, -0.15) is 9.65 Å². The third-order valence-corrected chi connectivity index (χ3v) is 2.47. The third-order valence-electron chi connectivity index (χ3n) is 2.47. The van der Waals surface area contributed by atoms with Crippen LogP contribution in [0, 0.1) is 27.3 Å². The highest BCUT2D eigenvalue weighted by atomic mass is 19.1. The summed E-state index contributed by atoms with van der Waals surface area (Å²) >= 11 is 0. The number of nitro groups is 1. The number of nitrogens with zero attached hydrogens (tertiary/aromatic N) is 3. The predicted molar refractivity (Wildman–Crippen MR) is 64.0 cm³/mol. The van der Waals surface area contributed by atoms with Crippen LogP contribution >= 0.6 is 0 Å². The van der Waals surface area contributed by atoms with Gasteiger partial charge in [0.05, 0.1) is 10.6 Å². The Balaban J connectivity index is 2.73. The Morgan fingerprint density at radius 3 is 2.70 bits per heavy atom. The zero-order chi connectivity index (χ0) is 14.9. The molecular weight excluding hydrogens is 271 g/mol. The van der Waals surface area contributed by atoms with E-state index in [2.05, 4.69) is 0 Å². The van der Waals surface area contributed by atoms with Gasteiger partial charge in [-0.1, -0.05) is 0 Å². The van der Waals surface area contributed by atoms with Gasteiger partial charge in [-0.25, -0.2) is 4.79 Å². The molecule has 20 heavy (non-hydrogen) atoms. The van der Waals surface area contributed by atoms with Crippen LogP contribution in [0.15, 0.2) is 34.0 Å². The van der Waals surface area contributed by atoms with E-state index in [1.165, 1.54) is 0 Å². The summed E-state index contributed by atoms with van der Waals surface area (Å²) in [5, 5.41) is 19.3. The predicted octanol–water partition coefficient (Wildman–Crippen LogP) is 0.445. The summed E-state index contributed by atoms with van der Waals surface area (Å²) in [4.78, 5) is 34.4. The van der Waals surface area contributed by atoms with Crippen molar-refractivity contribution in [3.63, 3.8) is 0 Å². The van der Waals surface area contributed by atoms with Crippen molar-refractivity contribution in [1.29, 1.82) is 5.26 Å². The number of aromatic amines is 1. The summed E-state index contributed by atoms with van der Waals surface area (Å²) in [7, 11) is 0.